The number of carbonyl (C=O) groups excluding carboxylic acids is 1. The Morgan fingerprint density at radius 2 is 2.10 bits per heavy atom. The average Bonchev–Trinajstić information content (AvgIpc) is 2.81. The Balaban J connectivity index is 1.72. The van der Waals surface area contributed by atoms with E-state index in [2.05, 4.69) is 26.1 Å². The number of piperidine rings is 1. The van der Waals surface area contributed by atoms with Gasteiger partial charge in [0.2, 0.25) is 5.91 Å². The van der Waals surface area contributed by atoms with E-state index in [1.54, 1.807) is 0 Å². The molecular formula is C16H21BrN2O2. The van der Waals surface area contributed by atoms with Crippen LogP contribution in [0.5, 0.6) is 0 Å². The molecule has 114 valence electrons. The van der Waals surface area contributed by atoms with E-state index in [1.807, 2.05) is 24.3 Å². The van der Waals surface area contributed by atoms with E-state index in [0.717, 1.165) is 48.9 Å². The summed E-state index contributed by atoms with van der Waals surface area (Å²) < 4.78 is 0.992. The summed E-state index contributed by atoms with van der Waals surface area (Å²) in [5.41, 5.74) is 0.706. The van der Waals surface area contributed by atoms with Gasteiger partial charge in [0, 0.05) is 11.0 Å². The largest absolute Gasteiger partial charge is 0.394 e. The van der Waals surface area contributed by atoms with E-state index < -0.39 is 0 Å². The number of fused-ring (bicyclic) bond motifs is 2. The smallest absolute Gasteiger partial charge is 0.228 e. The fourth-order valence-electron chi connectivity index (χ4n) is 3.53. The van der Waals surface area contributed by atoms with E-state index in [4.69, 9.17) is 0 Å². The summed E-state index contributed by atoms with van der Waals surface area (Å²) in [5.74, 6) is 0.103. The number of rotatable bonds is 4. The molecule has 1 amide bonds. The summed E-state index contributed by atoms with van der Waals surface area (Å²) in [4.78, 5) is 15.1. The van der Waals surface area contributed by atoms with Crippen molar-refractivity contribution in [3.63, 3.8) is 0 Å². The Labute approximate surface area is 133 Å². The van der Waals surface area contributed by atoms with Gasteiger partial charge in [-0.2, -0.15) is 0 Å². The fourth-order valence-corrected chi connectivity index (χ4v) is 3.80. The van der Waals surface area contributed by atoms with Crippen LogP contribution in [0.15, 0.2) is 28.7 Å². The maximum Gasteiger partial charge on any atom is 0.228 e. The van der Waals surface area contributed by atoms with Gasteiger partial charge >= 0.3 is 0 Å². The number of benzene rings is 1. The summed E-state index contributed by atoms with van der Waals surface area (Å²) in [6.07, 6.45) is 3.00. The highest BCUT2D eigenvalue weighted by atomic mass is 79.9. The Morgan fingerprint density at radius 3 is 2.81 bits per heavy atom. The van der Waals surface area contributed by atoms with E-state index >= 15 is 0 Å². The molecule has 2 fully saturated rings. The van der Waals surface area contributed by atoms with Crippen LogP contribution in [0.25, 0.3) is 0 Å². The molecule has 0 radical (unpaired) electrons. The normalized spacial score (nSPS) is 29.1. The zero-order valence-electron chi connectivity index (χ0n) is 12.0. The number of nitrogens with zero attached hydrogens (tertiary/aromatic N) is 1. The van der Waals surface area contributed by atoms with E-state index in [9.17, 15) is 9.90 Å². The maximum atomic E-state index is 12.7. The van der Waals surface area contributed by atoms with Crippen molar-refractivity contribution in [1.29, 1.82) is 0 Å². The zero-order valence-corrected chi connectivity index (χ0v) is 13.6. The maximum absolute atomic E-state index is 12.7. The summed E-state index contributed by atoms with van der Waals surface area (Å²) >= 11 is 3.40. The standard InChI is InChI=1S/C16H21BrN2O2/c17-13-4-2-12(3-5-13)14(10-20)18-15(21)16-6-1-8-19(11-16)9-7-16/h2-5,14,20H,1,6-11H2,(H,18,21)/t14-,16+/m1/s1. The quantitative estimate of drug-likeness (QED) is 0.872. The lowest BCUT2D eigenvalue weighted by molar-refractivity contribution is -0.132. The second-order valence-electron chi connectivity index (χ2n) is 6.17. The van der Waals surface area contributed by atoms with Crippen LogP contribution in [-0.2, 0) is 4.79 Å². The van der Waals surface area contributed by atoms with Crippen molar-refractivity contribution in [1.82, 2.24) is 10.2 Å². The van der Waals surface area contributed by atoms with Gasteiger partial charge in [0.25, 0.3) is 0 Å². The summed E-state index contributed by atoms with van der Waals surface area (Å²) in [5, 5.41) is 12.7. The first-order valence-electron chi connectivity index (χ1n) is 7.53. The second kappa shape index (κ2) is 6.07. The van der Waals surface area contributed by atoms with Crippen molar-refractivity contribution >= 4 is 21.8 Å². The lowest BCUT2D eigenvalue weighted by Gasteiger charge is -2.34. The summed E-state index contributed by atoms with van der Waals surface area (Å²) in [6.45, 7) is 2.94. The van der Waals surface area contributed by atoms with Crippen LogP contribution in [0.4, 0.5) is 0 Å². The third-order valence-corrected chi connectivity index (χ3v) is 5.33. The van der Waals surface area contributed by atoms with Gasteiger partial charge in [-0.3, -0.25) is 4.79 Å². The molecule has 2 saturated heterocycles. The van der Waals surface area contributed by atoms with Crippen molar-refractivity contribution in [2.45, 2.75) is 25.3 Å². The number of aliphatic hydroxyl groups excluding tert-OH is 1. The summed E-state index contributed by atoms with van der Waals surface area (Å²) in [7, 11) is 0. The Kier molecular flexibility index (Phi) is 4.33. The van der Waals surface area contributed by atoms with Gasteiger partial charge in [-0.15, -0.1) is 0 Å². The first-order valence-corrected chi connectivity index (χ1v) is 8.32. The first kappa shape index (κ1) is 15.0. The fraction of sp³-hybridized carbons (Fsp3) is 0.562. The Bertz CT molecular complexity index is 516. The molecule has 2 aliphatic heterocycles. The van der Waals surface area contributed by atoms with Crippen LogP contribution in [0, 0.1) is 5.41 Å². The summed E-state index contributed by atoms with van der Waals surface area (Å²) in [6, 6.07) is 7.41. The van der Waals surface area contributed by atoms with Gasteiger partial charge in [-0.05, 0) is 50.0 Å². The molecule has 1 aromatic carbocycles. The molecule has 2 heterocycles. The van der Waals surface area contributed by atoms with Gasteiger partial charge in [-0.1, -0.05) is 28.1 Å². The van der Waals surface area contributed by atoms with Crippen LogP contribution in [0.2, 0.25) is 0 Å². The number of halogens is 1. The highest BCUT2D eigenvalue weighted by Crippen LogP contribution is 2.39. The molecule has 0 saturated carbocycles. The molecule has 0 aromatic heterocycles. The van der Waals surface area contributed by atoms with E-state index in [0.29, 0.717) is 0 Å². The highest BCUT2D eigenvalue weighted by molar-refractivity contribution is 9.10. The van der Waals surface area contributed by atoms with Gasteiger partial charge < -0.3 is 15.3 Å². The molecule has 2 aliphatic rings. The monoisotopic (exact) mass is 352 g/mol. The molecule has 0 aliphatic carbocycles. The van der Waals surface area contributed by atoms with Crippen LogP contribution in [-0.4, -0.2) is 42.2 Å². The molecule has 2 bridgehead atoms. The zero-order chi connectivity index (χ0) is 14.9. The van der Waals surface area contributed by atoms with Crippen molar-refractivity contribution in [2.24, 2.45) is 5.41 Å². The van der Waals surface area contributed by atoms with Gasteiger partial charge in [-0.25, -0.2) is 0 Å². The predicted molar refractivity (Wildman–Crippen MR) is 84.8 cm³/mol. The Hall–Kier alpha value is -0.910. The molecule has 5 heteroatoms. The molecule has 4 nitrogen and oxygen atoms in total. The van der Waals surface area contributed by atoms with Crippen molar-refractivity contribution in [3.05, 3.63) is 34.3 Å². The third kappa shape index (κ3) is 3.00. The highest BCUT2D eigenvalue weighted by Gasteiger charge is 2.46. The van der Waals surface area contributed by atoms with Crippen molar-refractivity contribution in [2.75, 3.05) is 26.2 Å². The van der Waals surface area contributed by atoms with Crippen LogP contribution >= 0.6 is 15.9 Å². The first-order chi connectivity index (χ1) is 10.1. The molecular weight excluding hydrogens is 332 g/mol. The van der Waals surface area contributed by atoms with Crippen molar-refractivity contribution in [3.8, 4) is 0 Å². The molecule has 1 unspecified atom stereocenters. The number of aliphatic hydroxyl groups is 1. The predicted octanol–water partition coefficient (Wildman–Crippen LogP) is 2.08. The molecule has 3 rings (SSSR count). The molecule has 21 heavy (non-hydrogen) atoms. The Morgan fingerprint density at radius 1 is 1.33 bits per heavy atom. The minimum absolute atomic E-state index is 0.0762. The number of carbonyl (C=O) groups is 1. The molecule has 0 spiro atoms. The minimum Gasteiger partial charge on any atom is -0.394 e. The minimum atomic E-state index is -0.323. The lowest BCUT2D eigenvalue weighted by Crippen LogP contribution is -2.47. The SMILES string of the molecule is O=C(N[C@H](CO)c1ccc(Br)cc1)[C@@]12CCCN(CC1)C2. The number of hydrogen-bond donors (Lipinski definition) is 2. The number of amides is 1. The molecule has 3 atom stereocenters. The topological polar surface area (TPSA) is 52.6 Å². The van der Waals surface area contributed by atoms with Gasteiger partial charge in [0.05, 0.1) is 18.1 Å². The second-order valence-corrected chi connectivity index (χ2v) is 7.09. The van der Waals surface area contributed by atoms with Gasteiger partial charge in [0.15, 0.2) is 0 Å². The third-order valence-electron chi connectivity index (χ3n) is 4.80. The van der Waals surface area contributed by atoms with Crippen molar-refractivity contribution < 1.29 is 9.90 Å². The van der Waals surface area contributed by atoms with E-state index in [1.165, 1.54) is 0 Å². The average molecular weight is 353 g/mol. The molecule has 2 N–H and O–H groups in total. The number of nitrogens with one attached hydrogen (secondary N) is 1. The van der Waals surface area contributed by atoms with Crippen LogP contribution in [0.1, 0.15) is 30.9 Å². The van der Waals surface area contributed by atoms with Gasteiger partial charge in [0.1, 0.15) is 0 Å². The van der Waals surface area contributed by atoms with E-state index in [-0.39, 0.29) is 24.0 Å². The number of hydrogen-bond acceptors (Lipinski definition) is 3. The van der Waals surface area contributed by atoms with Crippen LogP contribution in [0.3, 0.4) is 0 Å². The molecule has 1 aromatic rings. The van der Waals surface area contributed by atoms with Crippen LogP contribution < -0.4 is 5.32 Å². The lowest BCUT2D eigenvalue weighted by atomic mass is 9.80.